The van der Waals surface area contributed by atoms with E-state index in [-0.39, 0.29) is 0 Å². The van der Waals surface area contributed by atoms with Crippen LogP contribution >= 0.6 is 0 Å². The van der Waals surface area contributed by atoms with Gasteiger partial charge >= 0.3 is 0 Å². The average molecular weight is 555 g/mol. The minimum absolute atomic E-state index is 0.779. The van der Waals surface area contributed by atoms with Crippen LogP contribution < -0.4 is 9.80 Å². The van der Waals surface area contributed by atoms with E-state index in [1.54, 1.807) is 0 Å². The van der Waals surface area contributed by atoms with Crippen LogP contribution in [0.4, 0.5) is 17.1 Å². The van der Waals surface area contributed by atoms with E-state index >= 15 is 0 Å². The van der Waals surface area contributed by atoms with Crippen LogP contribution in [0, 0.1) is 0 Å². The van der Waals surface area contributed by atoms with Crippen molar-refractivity contribution in [2.75, 3.05) is 9.80 Å². The zero-order chi connectivity index (χ0) is 29.2. The van der Waals surface area contributed by atoms with Gasteiger partial charge in [-0.3, -0.25) is 4.98 Å². The first-order chi connectivity index (χ1) is 21.2. The van der Waals surface area contributed by atoms with Gasteiger partial charge in [0.05, 0.1) is 28.5 Å². The molecule has 4 heterocycles. The van der Waals surface area contributed by atoms with Gasteiger partial charge in [-0.2, -0.15) is 0 Å². The molecule has 3 aliphatic heterocycles. The van der Waals surface area contributed by atoms with Gasteiger partial charge < -0.3 is 9.80 Å². The van der Waals surface area contributed by atoms with E-state index in [9.17, 15) is 0 Å². The van der Waals surface area contributed by atoms with Crippen LogP contribution in [0.15, 0.2) is 160 Å². The van der Waals surface area contributed by atoms with Crippen LogP contribution in [0.2, 0.25) is 0 Å². The number of rotatable bonds is 6. The van der Waals surface area contributed by atoms with Gasteiger partial charge in [-0.15, -0.1) is 5.73 Å². The monoisotopic (exact) mass is 554 g/mol. The number of anilines is 3. The maximum atomic E-state index is 4.64. The molecule has 2 bridgehead atoms. The van der Waals surface area contributed by atoms with Crippen molar-refractivity contribution in [3.63, 3.8) is 0 Å². The second kappa shape index (κ2) is 11.3. The molecule has 4 nitrogen and oxygen atoms in total. The Morgan fingerprint density at radius 1 is 0.884 bits per heavy atom. The topological polar surface area (TPSA) is 31.7 Å². The van der Waals surface area contributed by atoms with Gasteiger partial charge in [0.25, 0.3) is 0 Å². The standard InChI is InChI=1S/C39H30N4/c1-3-4-11-33-25-28(2)39-38(16-9-24-41-39)43(33)32-21-18-30(19-22-32)26-29-10-7-12-31(20-17-29)42-34-13-8-23-40-36(27-34)35-14-5-6-15-37(35)42/h4-9,11-24H,3,26H2,1-2H3/b11-4-. The fourth-order valence-electron chi connectivity index (χ4n) is 5.68. The van der Waals surface area contributed by atoms with Crippen molar-refractivity contribution in [1.82, 2.24) is 4.98 Å². The molecule has 0 saturated carbocycles. The van der Waals surface area contributed by atoms with Gasteiger partial charge in [0.15, 0.2) is 0 Å². The molecule has 0 saturated heterocycles. The summed E-state index contributed by atoms with van der Waals surface area (Å²) in [7, 11) is 0. The maximum Gasteiger partial charge on any atom is 0.116 e. The van der Waals surface area contributed by atoms with Gasteiger partial charge in [-0.25, -0.2) is 4.99 Å². The number of pyridine rings is 1. The molecule has 2 aromatic carbocycles. The first kappa shape index (κ1) is 26.3. The van der Waals surface area contributed by atoms with E-state index < -0.39 is 0 Å². The number of aromatic nitrogens is 1. The number of para-hydroxylation sites is 1. The lowest BCUT2D eigenvalue weighted by atomic mass is 10.0. The van der Waals surface area contributed by atoms with Crippen molar-refractivity contribution in [3.8, 4) is 0 Å². The van der Waals surface area contributed by atoms with E-state index in [0.29, 0.717) is 0 Å². The lowest BCUT2D eigenvalue weighted by molar-refractivity contribution is 1.12. The fraction of sp³-hybridized carbons (Fsp3) is 0.103. The highest BCUT2D eigenvalue weighted by atomic mass is 15.2. The lowest BCUT2D eigenvalue weighted by Gasteiger charge is -2.29. The highest BCUT2D eigenvalue weighted by Crippen LogP contribution is 2.39. The molecule has 0 spiro atoms. The minimum atomic E-state index is 0.779. The van der Waals surface area contributed by atoms with Gasteiger partial charge in [0, 0.05) is 41.4 Å². The zero-order valence-corrected chi connectivity index (χ0v) is 24.3. The number of allylic oxidation sites excluding steroid dienone is 8. The summed E-state index contributed by atoms with van der Waals surface area (Å²) in [6.07, 6.45) is 22.2. The third kappa shape index (κ3) is 5.04. The van der Waals surface area contributed by atoms with E-state index in [0.717, 1.165) is 75.1 Å². The van der Waals surface area contributed by atoms with E-state index in [1.165, 1.54) is 5.56 Å². The SMILES string of the molecule is CC/C=C\C1=C=C(C)c2ncccc2N1c1ccc(CC2=C=CC=C(N3C4=C=C(N=CC=C4)c4ccccc43)C=C2)cc1. The second-order valence-corrected chi connectivity index (χ2v) is 10.6. The molecule has 43 heavy (non-hydrogen) atoms. The van der Waals surface area contributed by atoms with Crippen molar-refractivity contribution >= 4 is 34.5 Å². The van der Waals surface area contributed by atoms with Crippen molar-refractivity contribution < 1.29 is 0 Å². The van der Waals surface area contributed by atoms with Crippen LogP contribution in [0.1, 0.15) is 37.1 Å². The lowest BCUT2D eigenvalue weighted by Crippen LogP contribution is -2.22. The Bertz CT molecular complexity index is 1990. The first-order valence-corrected chi connectivity index (χ1v) is 14.6. The maximum absolute atomic E-state index is 4.64. The molecule has 0 N–H and O–H groups in total. The summed E-state index contributed by atoms with van der Waals surface area (Å²) in [5.41, 5.74) is 23.1. The zero-order valence-electron chi connectivity index (χ0n) is 24.3. The Hall–Kier alpha value is -5.62. The highest BCUT2D eigenvalue weighted by Gasteiger charge is 2.24. The molecule has 7 rings (SSSR count). The quantitative estimate of drug-likeness (QED) is 0.285. The Morgan fingerprint density at radius 3 is 2.63 bits per heavy atom. The van der Waals surface area contributed by atoms with Crippen molar-refractivity contribution in [2.45, 2.75) is 26.7 Å². The van der Waals surface area contributed by atoms with E-state index in [2.05, 4.69) is 136 Å². The normalized spacial score (nSPS) is 16.4. The van der Waals surface area contributed by atoms with Gasteiger partial charge in [-0.05, 0) is 97.3 Å². The van der Waals surface area contributed by atoms with Gasteiger partial charge in [0.2, 0.25) is 0 Å². The molecule has 0 radical (unpaired) electrons. The summed E-state index contributed by atoms with van der Waals surface area (Å²) in [6.45, 7) is 4.22. The minimum Gasteiger partial charge on any atom is -0.303 e. The predicted molar refractivity (Wildman–Crippen MR) is 178 cm³/mol. The molecule has 0 amide bonds. The fourth-order valence-corrected chi connectivity index (χ4v) is 5.68. The largest absolute Gasteiger partial charge is 0.303 e. The number of benzene rings is 2. The molecule has 0 unspecified atom stereocenters. The molecule has 206 valence electrons. The Labute approximate surface area is 252 Å². The Kier molecular flexibility index (Phi) is 6.93. The summed E-state index contributed by atoms with van der Waals surface area (Å²) in [5, 5.41) is 0. The Morgan fingerprint density at radius 2 is 1.74 bits per heavy atom. The molecule has 3 aromatic rings. The van der Waals surface area contributed by atoms with Gasteiger partial charge in [0.1, 0.15) is 5.70 Å². The summed E-state index contributed by atoms with van der Waals surface area (Å²) in [6, 6.07) is 21.2. The summed E-state index contributed by atoms with van der Waals surface area (Å²) in [5.74, 6) is 0. The molecule has 4 aliphatic rings. The predicted octanol–water partition coefficient (Wildman–Crippen LogP) is 9.15. The van der Waals surface area contributed by atoms with Crippen LogP contribution in [0.25, 0.3) is 11.3 Å². The molecule has 0 fully saturated rings. The number of hydrogen-bond acceptors (Lipinski definition) is 4. The van der Waals surface area contributed by atoms with Crippen LogP contribution in [-0.4, -0.2) is 11.2 Å². The van der Waals surface area contributed by atoms with Crippen LogP contribution in [-0.2, 0) is 6.42 Å². The van der Waals surface area contributed by atoms with Crippen LogP contribution in [0.3, 0.4) is 0 Å². The van der Waals surface area contributed by atoms with Crippen molar-refractivity contribution in [3.05, 3.63) is 172 Å². The molecule has 4 heteroatoms. The summed E-state index contributed by atoms with van der Waals surface area (Å²) < 4.78 is 0. The highest BCUT2D eigenvalue weighted by molar-refractivity contribution is 5.90. The third-order valence-electron chi connectivity index (χ3n) is 7.71. The third-order valence-corrected chi connectivity index (χ3v) is 7.71. The smallest absolute Gasteiger partial charge is 0.116 e. The van der Waals surface area contributed by atoms with Crippen molar-refractivity contribution in [1.29, 1.82) is 0 Å². The van der Waals surface area contributed by atoms with Crippen molar-refractivity contribution in [2.24, 2.45) is 4.99 Å². The van der Waals surface area contributed by atoms with E-state index in [1.807, 2.05) is 36.7 Å². The van der Waals surface area contributed by atoms with Gasteiger partial charge in [-0.1, -0.05) is 54.8 Å². The summed E-state index contributed by atoms with van der Waals surface area (Å²) in [4.78, 5) is 13.7. The number of aliphatic imine (C=N–C) groups is 1. The second-order valence-electron chi connectivity index (χ2n) is 10.6. The molecule has 0 atom stereocenters. The van der Waals surface area contributed by atoms with Crippen LogP contribution in [0.5, 0.6) is 0 Å². The summed E-state index contributed by atoms with van der Waals surface area (Å²) >= 11 is 0. The van der Waals surface area contributed by atoms with E-state index in [4.69, 9.17) is 0 Å². The first-order valence-electron chi connectivity index (χ1n) is 14.6. The average Bonchev–Trinajstić information content (AvgIpc) is 3.40. The molecular weight excluding hydrogens is 524 g/mol. The number of nitrogens with zero attached hydrogens (tertiary/aromatic N) is 4. The Balaban J connectivity index is 1.13. The number of hydrogen-bond donors (Lipinski definition) is 0. The molecule has 1 aliphatic carbocycles. The number of fused-ring (bicyclic) bond motifs is 3. The molecular formula is C39H30N4. The molecule has 1 aromatic heterocycles.